The first-order chi connectivity index (χ1) is 11.6. The molecule has 1 amide bonds. The minimum Gasteiger partial charge on any atom is -0.310 e. The van der Waals surface area contributed by atoms with Gasteiger partial charge in [-0.25, -0.2) is 24.4 Å². The second-order valence-corrected chi connectivity index (χ2v) is 4.70. The highest BCUT2D eigenvalue weighted by Gasteiger charge is 2.07. The van der Waals surface area contributed by atoms with Crippen molar-refractivity contribution in [3.05, 3.63) is 58.1 Å². The van der Waals surface area contributed by atoms with Gasteiger partial charge in [-0.1, -0.05) is 0 Å². The van der Waals surface area contributed by atoms with E-state index >= 15 is 0 Å². The molecule has 0 saturated heterocycles. The van der Waals surface area contributed by atoms with E-state index in [1.807, 2.05) is 0 Å². The van der Waals surface area contributed by atoms with Crippen molar-refractivity contribution >= 4 is 11.7 Å². The quantitative estimate of drug-likeness (QED) is 0.608. The highest BCUT2D eigenvalue weighted by molar-refractivity contribution is 5.89. The molecule has 0 spiro atoms. The van der Waals surface area contributed by atoms with Crippen LogP contribution in [0.4, 0.5) is 5.82 Å². The molecule has 0 atom stereocenters. The third-order valence-electron chi connectivity index (χ3n) is 3.05. The van der Waals surface area contributed by atoms with Gasteiger partial charge in [-0.2, -0.15) is 5.10 Å². The maximum atomic E-state index is 12.0. The number of nitrogens with zero attached hydrogens (tertiary/aromatic N) is 6. The summed E-state index contributed by atoms with van der Waals surface area (Å²) in [6.45, 7) is 0.127. The van der Waals surface area contributed by atoms with E-state index < -0.39 is 11.2 Å². The summed E-state index contributed by atoms with van der Waals surface area (Å²) < 4.78 is 2.67. The zero-order valence-corrected chi connectivity index (χ0v) is 12.3. The second kappa shape index (κ2) is 6.64. The summed E-state index contributed by atoms with van der Waals surface area (Å²) >= 11 is 0. The van der Waals surface area contributed by atoms with Gasteiger partial charge in [0, 0.05) is 31.3 Å². The first-order valence-corrected chi connectivity index (χ1v) is 6.88. The molecule has 11 nitrogen and oxygen atoms in total. The third kappa shape index (κ3) is 3.58. The van der Waals surface area contributed by atoms with E-state index in [4.69, 9.17) is 0 Å². The number of carbonyl (C=O) groups is 1. The van der Waals surface area contributed by atoms with Crippen LogP contribution in [0.1, 0.15) is 6.42 Å². The van der Waals surface area contributed by atoms with Crippen LogP contribution in [0, 0.1) is 0 Å². The number of anilines is 1. The Morgan fingerprint density at radius 2 is 2.12 bits per heavy atom. The predicted octanol–water partition coefficient (Wildman–Crippen LogP) is -1.06. The van der Waals surface area contributed by atoms with Crippen molar-refractivity contribution in [2.75, 3.05) is 5.32 Å². The molecule has 3 heterocycles. The highest BCUT2D eigenvalue weighted by Crippen LogP contribution is 2.07. The van der Waals surface area contributed by atoms with Crippen LogP contribution in [0.5, 0.6) is 0 Å². The van der Waals surface area contributed by atoms with E-state index in [0.717, 1.165) is 0 Å². The maximum absolute atomic E-state index is 12.0. The van der Waals surface area contributed by atoms with Crippen molar-refractivity contribution in [1.29, 1.82) is 0 Å². The number of aryl methyl sites for hydroxylation is 1. The number of H-pyrrole nitrogens is 1. The number of hydrogen-bond acceptors (Lipinski definition) is 7. The molecule has 0 bridgehead atoms. The number of carbonyl (C=O) groups excluding carboxylic acids is 1. The largest absolute Gasteiger partial charge is 0.328 e. The summed E-state index contributed by atoms with van der Waals surface area (Å²) in [5, 5.41) is 6.54. The Labute approximate surface area is 134 Å². The number of amides is 1. The molecule has 24 heavy (non-hydrogen) atoms. The smallest absolute Gasteiger partial charge is 0.310 e. The summed E-state index contributed by atoms with van der Waals surface area (Å²) in [6, 6.07) is 2.76. The lowest BCUT2D eigenvalue weighted by Crippen LogP contribution is -2.29. The average Bonchev–Trinajstić information content (AvgIpc) is 3.09. The molecule has 0 unspecified atom stereocenters. The maximum Gasteiger partial charge on any atom is 0.328 e. The van der Waals surface area contributed by atoms with E-state index in [2.05, 4.69) is 30.4 Å². The Bertz CT molecular complexity index is 960. The number of hydrogen-bond donors (Lipinski definition) is 2. The third-order valence-corrected chi connectivity index (χ3v) is 3.05. The molecule has 122 valence electrons. The lowest BCUT2D eigenvalue weighted by molar-refractivity contribution is -0.116. The van der Waals surface area contributed by atoms with Crippen LogP contribution in [0.25, 0.3) is 5.82 Å². The van der Waals surface area contributed by atoms with E-state index in [1.54, 1.807) is 6.07 Å². The Hall–Kier alpha value is -3.63. The lowest BCUT2D eigenvalue weighted by atomic mass is 10.4. The van der Waals surface area contributed by atoms with Crippen molar-refractivity contribution < 1.29 is 4.79 Å². The van der Waals surface area contributed by atoms with Crippen molar-refractivity contribution in [3.8, 4) is 5.82 Å². The SMILES string of the molecule is O=C(CCn1ccc(=O)[nH]c1=O)Nc1cc(-n2cncn2)ncn1. The standard InChI is InChI=1S/C13H12N8O3/c22-11(1-3-20-4-2-12(23)19-13(20)24)18-9-5-10(16-7-15-9)21-8-14-6-17-21/h2,4-8H,1,3H2,(H,19,23,24)(H,15,16,18,22). The highest BCUT2D eigenvalue weighted by atomic mass is 16.2. The molecule has 0 radical (unpaired) electrons. The molecule has 2 N–H and O–H groups in total. The first kappa shape index (κ1) is 15.3. The Morgan fingerprint density at radius 1 is 1.25 bits per heavy atom. The van der Waals surface area contributed by atoms with Crippen LogP contribution in [0.15, 0.2) is 46.9 Å². The average molecular weight is 328 g/mol. The Morgan fingerprint density at radius 3 is 2.88 bits per heavy atom. The van der Waals surface area contributed by atoms with Crippen molar-refractivity contribution in [2.24, 2.45) is 0 Å². The van der Waals surface area contributed by atoms with E-state index in [1.165, 1.54) is 40.5 Å². The van der Waals surface area contributed by atoms with Gasteiger partial charge in [-0.15, -0.1) is 0 Å². The molecule has 0 aliphatic heterocycles. The number of aromatic amines is 1. The fourth-order valence-corrected chi connectivity index (χ4v) is 1.91. The van der Waals surface area contributed by atoms with Gasteiger partial charge in [0.1, 0.15) is 24.8 Å². The van der Waals surface area contributed by atoms with Crippen LogP contribution >= 0.6 is 0 Å². The van der Waals surface area contributed by atoms with Crippen LogP contribution in [-0.4, -0.2) is 40.2 Å². The molecular formula is C13H12N8O3. The Kier molecular flexibility index (Phi) is 4.23. The summed E-state index contributed by atoms with van der Waals surface area (Å²) in [5.74, 6) is 0.417. The van der Waals surface area contributed by atoms with Gasteiger partial charge in [0.25, 0.3) is 5.56 Å². The van der Waals surface area contributed by atoms with Gasteiger partial charge < -0.3 is 9.88 Å². The van der Waals surface area contributed by atoms with E-state index in [0.29, 0.717) is 11.6 Å². The number of nitrogens with one attached hydrogen (secondary N) is 2. The van der Waals surface area contributed by atoms with E-state index in [-0.39, 0.29) is 18.9 Å². The normalized spacial score (nSPS) is 10.5. The molecule has 0 aromatic carbocycles. The minimum absolute atomic E-state index is 0.0363. The number of rotatable bonds is 5. The van der Waals surface area contributed by atoms with Crippen molar-refractivity contribution in [2.45, 2.75) is 13.0 Å². The van der Waals surface area contributed by atoms with Crippen LogP contribution < -0.4 is 16.6 Å². The molecule has 0 aliphatic rings. The number of aromatic nitrogens is 7. The van der Waals surface area contributed by atoms with Crippen LogP contribution in [0.3, 0.4) is 0 Å². The fourth-order valence-electron chi connectivity index (χ4n) is 1.91. The van der Waals surface area contributed by atoms with Crippen LogP contribution in [-0.2, 0) is 11.3 Å². The van der Waals surface area contributed by atoms with Crippen molar-refractivity contribution in [3.63, 3.8) is 0 Å². The fraction of sp³-hybridized carbons (Fsp3) is 0.154. The van der Waals surface area contributed by atoms with Crippen molar-refractivity contribution in [1.82, 2.24) is 34.3 Å². The first-order valence-electron chi connectivity index (χ1n) is 6.88. The van der Waals surface area contributed by atoms with Gasteiger partial charge in [0.2, 0.25) is 5.91 Å². The molecule has 3 aromatic rings. The van der Waals surface area contributed by atoms with Gasteiger partial charge in [0.15, 0.2) is 5.82 Å². The van der Waals surface area contributed by atoms with Gasteiger partial charge in [0.05, 0.1) is 0 Å². The van der Waals surface area contributed by atoms with Crippen LogP contribution in [0.2, 0.25) is 0 Å². The summed E-state index contributed by atoms with van der Waals surface area (Å²) in [4.78, 5) is 48.4. The lowest BCUT2D eigenvalue weighted by Gasteiger charge is -2.07. The predicted molar refractivity (Wildman–Crippen MR) is 81.5 cm³/mol. The van der Waals surface area contributed by atoms with Gasteiger partial charge in [-0.05, 0) is 0 Å². The molecule has 11 heteroatoms. The zero-order chi connectivity index (χ0) is 16.9. The molecule has 0 fully saturated rings. The summed E-state index contributed by atoms with van der Waals surface area (Å²) in [6.07, 6.45) is 5.49. The summed E-state index contributed by atoms with van der Waals surface area (Å²) in [5.41, 5.74) is -1.05. The topological polar surface area (TPSA) is 140 Å². The molecular weight excluding hydrogens is 316 g/mol. The molecule has 0 saturated carbocycles. The monoisotopic (exact) mass is 328 g/mol. The molecule has 3 rings (SSSR count). The molecule has 3 aromatic heterocycles. The van der Waals surface area contributed by atoms with Gasteiger partial charge in [-0.3, -0.25) is 14.6 Å². The van der Waals surface area contributed by atoms with Gasteiger partial charge >= 0.3 is 5.69 Å². The van der Waals surface area contributed by atoms with E-state index in [9.17, 15) is 14.4 Å². The Balaban J connectivity index is 1.64. The second-order valence-electron chi connectivity index (χ2n) is 4.70. The summed E-state index contributed by atoms with van der Waals surface area (Å²) in [7, 11) is 0. The minimum atomic E-state index is -0.564. The molecule has 0 aliphatic carbocycles. The zero-order valence-electron chi connectivity index (χ0n) is 12.3.